The van der Waals surface area contributed by atoms with E-state index in [1.807, 2.05) is 25.7 Å². The number of nitrogens with zero attached hydrogens (tertiary/aromatic N) is 3. The lowest BCUT2D eigenvalue weighted by Crippen LogP contribution is -2.38. The molecule has 0 radical (unpaired) electrons. The van der Waals surface area contributed by atoms with Crippen LogP contribution in [-0.4, -0.2) is 58.9 Å². The van der Waals surface area contributed by atoms with E-state index in [4.69, 9.17) is 0 Å². The van der Waals surface area contributed by atoms with Gasteiger partial charge in [-0.2, -0.15) is 4.98 Å². The molecule has 6 nitrogen and oxygen atoms in total. The van der Waals surface area contributed by atoms with E-state index in [9.17, 15) is 9.59 Å². The molecule has 0 spiro atoms. The Kier molecular flexibility index (Phi) is 5.18. The highest BCUT2D eigenvalue weighted by Crippen LogP contribution is 2.28. The van der Waals surface area contributed by atoms with Crippen molar-refractivity contribution in [2.24, 2.45) is 11.8 Å². The van der Waals surface area contributed by atoms with Gasteiger partial charge in [-0.3, -0.25) is 4.79 Å². The first-order valence-electron chi connectivity index (χ1n) is 8.58. The number of aromatic amines is 1. The van der Waals surface area contributed by atoms with E-state index >= 15 is 0 Å². The molecule has 134 valence electrons. The topological polar surface area (TPSA) is 69.3 Å². The molecule has 24 heavy (non-hydrogen) atoms. The van der Waals surface area contributed by atoms with Crippen molar-refractivity contribution < 1.29 is 4.79 Å². The van der Waals surface area contributed by atoms with Gasteiger partial charge in [0.15, 0.2) is 0 Å². The largest absolute Gasteiger partial charge is 0.345 e. The molecule has 1 aromatic heterocycles. The van der Waals surface area contributed by atoms with Crippen molar-refractivity contribution >= 4 is 5.91 Å². The summed E-state index contributed by atoms with van der Waals surface area (Å²) in [6.45, 7) is 11.8. The first-order chi connectivity index (χ1) is 11.0. The molecule has 1 aliphatic heterocycles. The summed E-state index contributed by atoms with van der Waals surface area (Å²) < 4.78 is 0. The van der Waals surface area contributed by atoms with E-state index in [2.05, 4.69) is 42.8 Å². The summed E-state index contributed by atoms with van der Waals surface area (Å²) in [5.74, 6) is 0.766. The van der Waals surface area contributed by atoms with E-state index in [-0.39, 0.29) is 17.0 Å². The van der Waals surface area contributed by atoms with Crippen molar-refractivity contribution in [3.05, 3.63) is 27.9 Å². The molecular weight excluding hydrogens is 304 g/mol. The summed E-state index contributed by atoms with van der Waals surface area (Å²) in [5, 5.41) is 0. The Bertz CT molecular complexity index is 642. The van der Waals surface area contributed by atoms with Crippen molar-refractivity contribution in [3.8, 4) is 0 Å². The maximum Gasteiger partial charge on any atom is 0.345 e. The van der Waals surface area contributed by atoms with Gasteiger partial charge in [-0.15, -0.1) is 0 Å². The molecule has 2 rings (SSSR count). The summed E-state index contributed by atoms with van der Waals surface area (Å²) in [7, 11) is 4.11. The van der Waals surface area contributed by atoms with Gasteiger partial charge in [0, 0.05) is 30.2 Å². The molecule has 2 heterocycles. The molecule has 1 aliphatic rings. The summed E-state index contributed by atoms with van der Waals surface area (Å²) >= 11 is 0. The van der Waals surface area contributed by atoms with Crippen LogP contribution in [0.2, 0.25) is 0 Å². The van der Waals surface area contributed by atoms with Crippen molar-refractivity contribution in [1.82, 2.24) is 19.8 Å². The van der Waals surface area contributed by atoms with Crippen LogP contribution < -0.4 is 5.69 Å². The number of likely N-dealkylation sites (N-methyl/N-ethyl adjacent to an activating group) is 1. The second kappa shape index (κ2) is 6.67. The van der Waals surface area contributed by atoms with Gasteiger partial charge in [0.2, 0.25) is 0 Å². The van der Waals surface area contributed by atoms with Crippen LogP contribution >= 0.6 is 0 Å². The smallest absolute Gasteiger partial charge is 0.335 e. The Morgan fingerprint density at radius 2 is 1.96 bits per heavy atom. The Hall–Kier alpha value is -1.69. The zero-order valence-corrected chi connectivity index (χ0v) is 15.9. The molecule has 6 heteroatoms. The third-order valence-corrected chi connectivity index (χ3v) is 4.91. The molecule has 0 bridgehead atoms. The van der Waals surface area contributed by atoms with Gasteiger partial charge in [-0.25, -0.2) is 4.79 Å². The molecule has 1 saturated heterocycles. The lowest BCUT2D eigenvalue weighted by atomic mass is 9.91. The lowest BCUT2D eigenvalue weighted by Gasteiger charge is -2.27. The molecule has 1 N–H and O–H groups in total. The molecule has 1 aromatic rings. The predicted octanol–water partition coefficient (Wildman–Crippen LogP) is 1.73. The van der Waals surface area contributed by atoms with Crippen molar-refractivity contribution in [2.45, 2.75) is 46.1 Å². The summed E-state index contributed by atoms with van der Waals surface area (Å²) in [6.07, 6.45) is 0. The zero-order chi connectivity index (χ0) is 18.2. The second-order valence-electron chi connectivity index (χ2n) is 8.38. The van der Waals surface area contributed by atoms with Gasteiger partial charge in [0.25, 0.3) is 5.91 Å². The molecule has 0 aliphatic carbocycles. The number of amides is 1. The Labute approximate surface area is 144 Å². The molecule has 0 aromatic carbocycles. The van der Waals surface area contributed by atoms with Gasteiger partial charge in [-0.05, 0) is 32.0 Å². The van der Waals surface area contributed by atoms with Gasteiger partial charge < -0.3 is 14.8 Å². The van der Waals surface area contributed by atoms with Gasteiger partial charge in [-0.1, -0.05) is 34.6 Å². The Balaban J connectivity index is 2.30. The maximum atomic E-state index is 12.9. The summed E-state index contributed by atoms with van der Waals surface area (Å²) in [5.41, 5.74) is 0.268. The van der Waals surface area contributed by atoms with Crippen LogP contribution in [0.15, 0.2) is 10.9 Å². The number of hydrogen-bond donors (Lipinski definition) is 1. The number of likely N-dealkylation sites (tertiary alicyclic amines) is 1. The number of aromatic nitrogens is 2. The predicted molar refractivity (Wildman–Crippen MR) is 95.3 cm³/mol. The Morgan fingerprint density at radius 1 is 1.33 bits per heavy atom. The molecule has 0 saturated carbocycles. The number of carbonyl (C=O) groups is 1. The van der Waals surface area contributed by atoms with Crippen LogP contribution in [0.1, 0.15) is 50.8 Å². The van der Waals surface area contributed by atoms with Gasteiger partial charge >= 0.3 is 5.69 Å². The van der Waals surface area contributed by atoms with Crippen molar-refractivity contribution in [2.75, 3.05) is 27.2 Å². The highest BCUT2D eigenvalue weighted by Gasteiger charge is 2.38. The average molecular weight is 334 g/mol. The van der Waals surface area contributed by atoms with Crippen LogP contribution in [0, 0.1) is 11.8 Å². The Morgan fingerprint density at radius 3 is 2.42 bits per heavy atom. The van der Waals surface area contributed by atoms with E-state index in [1.165, 1.54) is 0 Å². The third kappa shape index (κ3) is 3.86. The fourth-order valence-corrected chi connectivity index (χ4v) is 3.31. The number of rotatable bonds is 3. The minimum atomic E-state index is -0.463. The molecule has 2 atom stereocenters. The lowest BCUT2D eigenvalue weighted by molar-refractivity contribution is 0.0773. The van der Waals surface area contributed by atoms with E-state index < -0.39 is 5.69 Å². The highest BCUT2D eigenvalue weighted by molar-refractivity contribution is 5.92. The quantitative estimate of drug-likeness (QED) is 0.914. The first-order valence-corrected chi connectivity index (χ1v) is 8.58. The van der Waals surface area contributed by atoms with Crippen molar-refractivity contribution in [1.29, 1.82) is 0 Å². The fourth-order valence-electron chi connectivity index (χ4n) is 3.31. The third-order valence-electron chi connectivity index (χ3n) is 4.91. The van der Waals surface area contributed by atoms with Crippen LogP contribution in [0.3, 0.4) is 0 Å². The molecule has 1 amide bonds. The molecule has 1 fully saturated rings. The van der Waals surface area contributed by atoms with Gasteiger partial charge in [0.05, 0.1) is 0 Å². The fraction of sp³-hybridized carbons (Fsp3) is 0.722. The summed E-state index contributed by atoms with van der Waals surface area (Å²) in [6, 6.07) is 2.05. The monoisotopic (exact) mass is 334 g/mol. The average Bonchev–Trinajstić information content (AvgIpc) is 2.90. The standard InChI is InChI=1S/C18H30N4O2/c1-11(2)12-9-22(10-14(12)21(6)7)16(23)13-8-15(18(3,4)5)20-17(24)19-13/h8,11-12,14H,9-10H2,1-7H3,(H,19,20,24)/t12-,14+/m0/s1. The van der Waals surface area contributed by atoms with E-state index in [1.54, 1.807) is 6.07 Å². The number of carbonyl (C=O) groups excluding carboxylic acids is 1. The number of hydrogen-bond acceptors (Lipinski definition) is 4. The van der Waals surface area contributed by atoms with Crippen LogP contribution in [0.25, 0.3) is 0 Å². The number of H-pyrrole nitrogens is 1. The first kappa shape index (κ1) is 18.6. The van der Waals surface area contributed by atoms with Crippen LogP contribution in [-0.2, 0) is 5.41 Å². The SMILES string of the molecule is CC(C)[C@@H]1CN(C(=O)c2cc(C(C)(C)C)[nH]c(=O)n2)C[C@H]1N(C)C. The normalized spacial score (nSPS) is 21.8. The summed E-state index contributed by atoms with van der Waals surface area (Å²) in [4.78, 5) is 35.5. The number of nitrogens with one attached hydrogen (secondary N) is 1. The minimum Gasteiger partial charge on any atom is -0.335 e. The second-order valence-corrected chi connectivity index (χ2v) is 8.38. The minimum absolute atomic E-state index is 0.151. The van der Waals surface area contributed by atoms with Crippen molar-refractivity contribution in [3.63, 3.8) is 0 Å². The molecular formula is C18H30N4O2. The van der Waals surface area contributed by atoms with E-state index in [0.29, 0.717) is 31.0 Å². The molecule has 0 unspecified atom stereocenters. The highest BCUT2D eigenvalue weighted by atomic mass is 16.2. The van der Waals surface area contributed by atoms with Crippen LogP contribution in [0.5, 0.6) is 0 Å². The van der Waals surface area contributed by atoms with Crippen LogP contribution in [0.4, 0.5) is 0 Å². The maximum absolute atomic E-state index is 12.9. The van der Waals surface area contributed by atoms with Gasteiger partial charge in [0.1, 0.15) is 5.69 Å². The zero-order valence-electron chi connectivity index (χ0n) is 15.9. The van der Waals surface area contributed by atoms with E-state index in [0.717, 1.165) is 5.69 Å².